The fraction of sp³-hybridized carbons (Fsp3) is 0. The third-order valence-electron chi connectivity index (χ3n) is 2.59. The van der Waals surface area contributed by atoms with Crippen molar-refractivity contribution in [3.05, 3.63) is 51.2 Å². The molecule has 0 saturated carbocycles. The zero-order chi connectivity index (χ0) is 11.8. The zero-order valence-corrected chi connectivity index (χ0v) is 10.3. The summed E-state index contributed by atoms with van der Waals surface area (Å²) in [6.07, 6.45) is 1.90. The van der Waals surface area contributed by atoms with Gasteiger partial charge in [-0.25, -0.2) is 0 Å². The largest absolute Gasteiger partial charge is 0.321 e. The zero-order valence-electron chi connectivity index (χ0n) is 8.74. The molecular weight excluding hydrogens is 254 g/mol. The van der Waals surface area contributed by atoms with E-state index in [2.05, 4.69) is 5.32 Å². The Bertz CT molecular complexity index is 616. The van der Waals surface area contributed by atoms with Crippen molar-refractivity contribution in [3.63, 3.8) is 0 Å². The molecule has 0 radical (unpaired) electrons. The number of nitrogens with one attached hydrogen (secondary N) is 1. The molecule has 0 fully saturated rings. The minimum absolute atomic E-state index is 0.0735. The lowest BCUT2D eigenvalue weighted by molar-refractivity contribution is -0.110. The summed E-state index contributed by atoms with van der Waals surface area (Å²) in [5.41, 5.74) is 2.39. The summed E-state index contributed by atoms with van der Waals surface area (Å²) in [7, 11) is 0. The molecule has 1 aliphatic heterocycles. The highest BCUT2D eigenvalue weighted by Gasteiger charge is 2.23. The Balaban J connectivity index is 2.11. The summed E-state index contributed by atoms with van der Waals surface area (Å²) < 4.78 is 0. The first-order chi connectivity index (χ1) is 8.24. The molecule has 0 saturated heterocycles. The van der Waals surface area contributed by atoms with Crippen molar-refractivity contribution >= 4 is 46.2 Å². The molecular formula is C13H8ClNOS. The van der Waals surface area contributed by atoms with E-state index < -0.39 is 0 Å². The van der Waals surface area contributed by atoms with E-state index in [0.29, 0.717) is 10.6 Å². The average Bonchev–Trinajstić information content (AvgIpc) is 2.88. The van der Waals surface area contributed by atoms with Gasteiger partial charge in [0.15, 0.2) is 0 Å². The first kappa shape index (κ1) is 10.6. The summed E-state index contributed by atoms with van der Waals surface area (Å²) >= 11 is 7.50. The lowest BCUT2D eigenvalue weighted by atomic mass is 10.1. The summed E-state index contributed by atoms with van der Waals surface area (Å²) in [5, 5.41) is 5.43. The first-order valence-corrected chi connectivity index (χ1v) is 6.36. The maximum Gasteiger partial charge on any atom is 0.256 e. The van der Waals surface area contributed by atoms with Crippen LogP contribution in [0.25, 0.3) is 11.6 Å². The molecule has 0 aliphatic carbocycles. The van der Waals surface area contributed by atoms with E-state index in [0.717, 1.165) is 16.1 Å². The average molecular weight is 262 g/mol. The second-order valence-corrected chi connectivity index (χ2v) is 5.13. The van der Waals surface area contributed by atoms with Gasteiger partial charge in [0, 0.05) is 15.5 Å². The van der Waals surface area contributed by atoms with Crippen LogP contribution in [0, 0.1) is 0 Å². The van der Waals surface area contributed by atoms with Crippen LogP contribution in [0.15, 0.2) is 35.7 Å². The fourth-order valence-corrected chi connectivity index (χ4v) is 2.66. The van der Waals surface area contributed by atoms with Crippen LogP contribution in [0.3, 0.4) is 0 Å². The van der Waals surface area contributed by atoms with Crippen LogP contribution >= 0.6 is 22.9 Å². The number of fused-ring (bicyclic) bond motifs is 1. The predicted octanol–water partition coefficient (Wildman–Crippen LogP) is 3.89. The third kappa shape index (κ3) is 1.88. The second kappa shape index (κ2) is 4.02. The van der Waals surface area contributed by atoms with Gasteiger partial charge in [0.1, 0.15) is 0 Å². The molecule has 0 unspecified atom stereocenters. The standard InChI is InChI=1S/C13H8ClNOS/c14-8-3-4-10-11(7-9-2-1-5-17-9)13(16)15-12(10)6-8/h1-7H,(H,15,16)/b11-7-. The predicted molar refractivity (Wildman–Crippen MR) is 72.3 cm³/mol. The molecule has 4 heteroatoms. The van der Waals surface area contributed by atoms with Gasteiger partial charge in [-0.3, -0.25) is 4.79 Å². The highest BCUT2D eigenvalue weighted by atomic mass is 35.5. The summed E-state index contributed by atoms with van der Waals surface area (Å²) in [6, 6.07) is 9.38. The minimum atomic E-state index is -0.0735. The number of carbonyl (C=O) groups excluding carboxylic acids is 1. The Hall–Kier alpha value is -1.58. The van der Waals surface area contributed by atoms with Crippen molar-refractivity contribution < 1.29 is 4.79 Å². The molecule has 0 spiro atoms. The fourth-order valence-electron chi connectivity index (χ4n) is 1.83. The van der Waals surface area contributed by atoms with Crippen molar-refractivity contribution in [1.29, 1.82) is 0 Å². The van der Waals surface area contributed by atoms with Crippen molar-refractivity contribution in [2.45, 2.75) is 0 Å². The Morgan fingerprint density at radius 3 is 2.94 bits per heavy atom. The monoisotopic (exact) mass is 261 g/mol. The van der Waals surface area contributed by atoms with Crippen molar-refractivity contribution in [2.24, 2.45) is 0 Å². The van der Waals surface area contributed by atoms with Crippen LogP contribution in [0.5, 0.6) is 0 Å². The Morgan fingerprint density at radius 2 is 2.18 bits per heavy atom. The number of carbonyl (C=O) groups is 1. The number of hydrogen-bond acceptors (Lipinski definition) is 2. The van der Waals surface area contributed by atoms with Crippen molar-refractivity contribution in [2.75, 3.05) is 5.32 Å². The van der Waals surface area contributed by atoms with Crippen LogP contribution in [-0.2, 0) is 4.79 Å². The SMILES string of the molecule is O=C1Nc2cc(Cl)ccc2/C1=C/c1cccs1. The van der Waals surface area contributed by atoms with E-state index >= 15 is 0 Å². The summed E-state index contributed by atoms with van der Waals surface area (Å²) in [6.45, 7) is 0. The number of hydrogen-bond donors (Lipinski definition) is 1. The number of halogens is 1. The molecule has 1 N–H and O–H groups in total. The highest BCUT2D eigenvalue weighted by Crippen LogP contribution is 2.35. The van der Waals surface area contributed by atoms with E-state index in [4.69, 9.17) is 11.6 Å². The maximum absolute atomic E-state index is 11.9. The second-order valence-electron chi connectivity index (χ2n) is 3.72. The summed E-state index contributed by atoms with van der Waals surface area (Å²) in [5.74, 6) is -0.0735. The number of anilines is 1. The van der Waals surface area contributed by atoms with Gasteiger partial charge in [0.25, 0.3) is 5.91 Å². The van der Waals surface area contributed by atoms with E-state index in [1.165, 1.54) is 0 Å². The van der Waals surface area contributed by atoms with Crippen LogP contribution in [0.1, 0.15) is 10.4 Å². The molecule has 0 bridgehead atoms. The quantitative estimate of drug-likeness (QED) is 0.775. The van der Waals surface area contributed by atoms with Gasteiger partial charge in [0.05, 0.1) is 11.3 Å². The molecule has 0 atom stereocenters. The van der Waals surface area contributed by atoms with Gasteiger partial charge < -0.3 is 5.32 Å². The number of thiophene rings is 1. The van der Waals surface area contributed by atoms with Crippen molar-refractivity contribution in [3.8, 4) is 0 Å². The van der Waals surface area contributed by atoms with Gasteiger partial charge in [-0.05, 0) is 29.7 Å². The minimum Gasteiger partial charge on any atom is -0.321 e. The van der Waals surface area contributed by atoms with E-state index in [1.54, 1.807) is 23.5 Å². The van der Waals surface area contributed by atoms with Crippen LogP contribution in [0.4, 0.5) is 5.69 Å². The molecule has 3 rings (SSSR count). The van der Waals surface area contributed by atoms with Crippen molar-refractivity contribution in [1.82, 2.24) is 0 Å². The Kier molecular flexibility index (Phi) is 2.50. The van der Waals surface area contributed by atoms with E-state index in [1.807, 2.05) is 29.7 Å². The van der Waals surface area contributed by atoms with Crippen LogP contribution in [0.2, 0.25) is 5.02 Å². The van der Waals surface area contributed by atoms with E-state index in [9.17, 15) is 4.79 Å². The Labute approximate surface area is 108 Å². The van der Waals surface area contributed by atoms with Gasteiger partial charge >= 0.3 is 0 Å². The van der Waals surface area contributed by atoms with Crippen LogP contribution < -0.4 is 5.32 Å². The third-order valence-corrected chi connectivity index (χ3v) is 3.65. The molecule has 2 heterocycles. The van der Waals surface area contributed by atoms with Gasteiger partial charge in [-0.15, -0.1) is 11.3 Å². The topological polar surface area (TPSA) is 29.1 Å². The molecule has 1 aromatic heterocycles. The Morgan fingerprint density at radius 1 is 1.29 bits per heavy atom. The molecule has 17 heavy (non-hydrogen) atoms. The van der Waals surface area contributed by atoms with Gasteiger partial charge in [-0.1, -0.05) is 23.7 Å². The smallest absolute Gasteiger partial charge is 0.256 e. The molecule has 1 aromatic carbocycles. The number of benzene rings is 1. The van der Waals surface area contributed by atoms with Gasteiger partial charge in [0.2, 0.25) is 0 Å². The summed E-state index contributed by atoms with van der Waals surface area (Å²) in [4.78, 5) is 12.9. The first-order valence-electron chi connectivity index (χ1n) is 5.10. The lowest BCUT2D eigenvalue weighted by Crippen LogP contribution is -2.03. The molecule has 1 aliphatic rings. The van der Waals surface area contributed by atoms with Gasteiger partial charge in [-0.2, -0.15) is 0 Å². The molecule has 2 nitrogen and oxygen atoms in total. The molecule has 2 aromatic rings. The molecule has 1 amide bonds. The maximum atomic E-state index is 11.9. The number of amides is 1. The van der Waals surface area contributed by atoms with E-state index in [-0.39, 0.29) is 5.91 Å². The lowest BCUT2D eigenvalue weighted by Gasteiger charge is -1.97. The highest BCUT2D eigenvalue weighted by molar-refractivity contribution is 7.11. The van der Waals surface area contributed by atoms with Crippen LogP contribution in [-0.4, -0.2) is 5.91 Å². The normalized spacial score (nSPS) is 16.1. The number of rotatable bonds is 1. The molecule has 84 valence electrons.